The van der Waals surface area contributed by atoms with Crippen molar-refractivity contribution in [1.82, 2.24) is 9.55 Å². The van der Waals surface area contributed by atoms with E-state index in [2.05, 4.69) is 4.98 Å². The first-order valence-electron chi connectivity index (χ1n) is 10.8. The van der Waals surface area contributed by atoms with Crippen molar-refractivity contribution in [2.45, 2.75) is 37.6 Å². The van der Waals surface area contributed by atoms with Gasteiger partial charge in [-0.2, -0.15) is 0 Å². The van der Waals surface area contributed by atoms with Crippen LogP contribution >= 0.6 is 11.6 Å². The summed E-state index contributed by atoms with van der Waals surface area (Å²) in [5.41, 5.74) is 1.43. The summed E-state index contributed by atoms with van der Waals surface area (Å²) in [5.74, 6) is -0.187. The molecular formula is C25H27ClN2O4. The van der Waals surface area contributed by atoms with Crippen LogP contribution in [0.15, 0.2) is 67.0 Å². The minimum absolute atomic E-state index is 0.135. The van der Waals surface area contributed by atoms with Gasteiger partial charge in [-0.25, -0.2) is 9.78 Å². The molecule has 2 aromatic carbocycles. The molecule has 0 spiro atoms. The smallest absolute Gasteiger partial charge is 0.338 e. The van der Waals surface area contributed by atoms with E-state index in [4.69, 9.17) is 25.8 Å². The van der Waals surface area contributed by atoms with Crippen LogP contribution in [0, 0.1) is 0 Å². The molecule has 1 aliphatic rings. The maximum atomic E-state index is 12.3. The number of rotatable bonds is 9. The Hall–Kier alpha value is -2.67. The summed E-state index contributed by atoms with van der Waals surface area (Å²) in [6.07, 6.45) is 6.85. The molecule has 168 valence electrons. The minimum Gasteiger partial charge on any atom is -0.459 e. The predicted molar refractivity (Wildman–Crippen MR) is 121 cm³/mol. The van der Waals surface area contributed by atoms with Crippen LogP contribution in [0.1, 0.15) is 41.0 Å². The Bertz CT molecular complexity index is 1020. The Labute approximate surface area is 193 Å². The number of benzene rings is 2. The average molecular weight is 455 g/mol. The monoisotopic (exact) mass is 454 g/mol. The molecule has 1 saturated heterocycles. The molecule has 0 aliphatic carbocycles. The molecule has 1 aliphatic heterocycles. The van der Waals surface area contributed by atoms with Crippen molar-refractivity contribution in [3.63, 3.8) is 0 Å². The molecule has 0 bridgehead atoms. The lowest BCUT2D eigenvalue weighted by atomic mass is 9.99. The van der Waals surface area contributed by atoms with Gasteiger partial charge in [0.15, 0.2) is 5.79 Å². The predicted octanol–water partition coefficient (Wildman–Crippen LogP) is 4.91. The van der Waals surface area contributed by atoms with Crippen molar-refractivity contribution in [2.75, 3.05) is 13.2 Å². The molecule has 6 nitrogen and oxygen atoms in total. The van der Waals surface area contributed by atoms with Gasteiger partial charge in [-0.3, -0.25) is 0 Å². The highest BCUT2D eigenvalue weighted by atomic mass is 35.5. The van der Waals surface area contributed by atoms with E-state index in [1.54, 1.807) is 12.1 Å². The van der Waals surface area contributed by atoms with Crippen LogP contribution in [0.25, 0.3) is 0 Å². The number of unbranched alkanes of at least 4 members (excludes halogenated alkanes) is 1. The van der Waals surface area contributed by atoms with E-state index in [1.807, 2.05) is 66.5 Å². The topological polar surface area (TPSA) is 62.6 Å². The van der Waals surface area contributed by atoms with Gasteiger partial charge >= 0.3 is 5.97 Å². The fourth-order valence-electron chi connectivity index (χ4n) is 3.88. The number of carbonyl (C=O) groups is 1. The standard InChI is InChI=1S/C25H27ClN2O4/c1-28-16-15-27-23(28)9-5-6-14-25(20-10-12-21(26)13-11-20)31-18-22(32-25)17-30-24(29)19-7-3-2-4-8-19/h2-4,7-8,10-13,15-16,22H,5-6,9,14,17-18H2,1H3. The molecule has 2 heterocycles. The molecule has 2 unspecified atom stereocenters. The number of hydrogen-bond donors (Lipinski definition) is 0. The molecule has 0 amide bonds. The molecule has 7 heteroatoms. The van der Waals surface area contributed by atoms with Gasteiger partial charge in [0.05, 0.1) is 12.2 Å². The summed E-state index contributed by atoms with van der Waals surface area (Å²) < 4.78 is 20.1. The van der Waals surface area contributed by atoms with Crippen LogP contribution in [0.3, 0.4) is 0 Å². The second-order valence-electron chi connectivity index (χ2n) is 7.94. The molecular weight excluding hydrogens is 428 g/mol. The second kappa shape index (κ2) is 10.3. The number of aromatic nitrogens is 2. The minimum atomic E-state index is -0.879. The number of carbonyl (C=O) groups excluding carboxylic acids is 1. The third-order valence-electron chi connectivity index (χ3n) is 5.63. The van der Waals surface area contributed by atoms with Crippen LogP contribution < -0.4 is 0 Å². The first-order valence-corrected chi connectivity index (χ1v) is 11.2. The van der Waals surface area contributed by atoms with Gasteiger partial charge < -0.3 is 18.8 Å². The maximum Gasteiger partial charge on any atom is 0.338 e. The van der Waals surface area contributed by atoms with E-state index >= 15 is 0 Å². The normalized spacial score (nSPS) is 20.4. The number of halogens is 1. The van der Waals surface area contributed by atoms with Crippen molar-refractivity contribution in [2.24, 2.45) is 7.05 Å². The fourth-order valence-corrected chi connectivity index (χ4v) is 4.01. The maximum absolute atomic E-state index is 12.3. The van der Waals surface area contributed by atoms with E-state index < -0.39 is 5.79 Å². The first-order chi connectivity index (χ1) is 15.6. The average Bonchev–Trinajstić information content (AvgIpc) is 3.43. The first kappa shape index (κ1) is 22.5. The Balaban J connectivity index is 1.38. The Morgan fingerprint density at radius 2 is 1.97 bits per heavy atom. The van der Waals surface area contributed by atoms with Crippen molar-refractivity contribution in [1.29, 1.82) is 0 Å². The van der Waals surface area contributed by atoms with Gasteiger partial charge in [0.25, 0.3) is 0 Å². The van der Waals surface area contributed by atoms with Crippen LogP contribution in [-0.4, -0.2) is 34.8 Å². The van der Waals surface area contributed by atoms with Crippen molar-refractivity contribution < 1.29 is 19.0 Å². The quantitative estimate of drug-likeness (QED) is 0.339. The van der Waals surface area contributed by atoms with Crippen LogP contribution in [0.2, 0.25) is 5.02 Å². The fraction of sp³-hybridized carbons (Fsp3) is 0.360. The number of nitrogens with zero attached hydrogens (tertiary/aromatic N) is 2. The number of hydrogen-bond acceptors (Lipinski definition) is 5. The van der Waals surface area contributed by atoms with Crippen molar-refractivity contribution in [3.8, 4) is 0 Å². The van der Waals surface area contributed by atoms with Gasteiger partial charge in [0, 0.05) is 42.9 Å². The van der Waals surface area contributed by atoms with Gasteiger partial charge in [-0.05, 0) is 37.1 Å². The van der Waals surface area contributed by atoms with Gasteiger partial charge in [-0.15, -0.1) is 0 Å². The molecule has 0 saturated carbocycles. The summed E-state index contributed by atoms with van der Waals surface area (Å²) in [6, 6.07) is 16.5. The SMILES string of the molecule is Cn1ccnc1CCCCC1(c2ccc(Cl)cc2)OCC(COC(=O)c2ccccc2)O1. The zero-order valence-corrected chi connectivity index (χ0v) is 18.8. The molecule has 32 heavy (non-hydrogen) atoms. The van der Waals surface area contributed by atoms with E-state index in [-0.39, 0.29) is 18.7 Å². The zero-order valence-electron chi connectivity index (χ0n) is 18.1. The summed E-state index contributed by atoms with van der Waals surface area (Å²) >= 11 is 6.09. The van der Waals surface area contributed by atoms with E-state index in [0.717, 1.165) is 30.7 Å². The molecule has 1 aromatic heterocycles. The number of esters is 1. The second-order valence-corrected chi connectivity index (χ2v) is 8.37. The van der Waals surface area contributed by atoms with E-state index in [9.17, 15) is 4.79 Å². The van der Waals surface area contributed by atoms with Gasteiger partial charge in [0.2, 0.25) is 0 Å². The molecule has 3 aromatic rings. The van der Waals surface area contributed by atoms with Crippen molar-refractivity contribution >= 4 is 17.6 Å². The molecule has 0 radical (unpaired) electrons. The highest BCUT2D eigenvalue weighted by Gasteiger charge is 2.43. The van der Waals surface area contributed by atoms with Gasteiger partial charge in [0.1, 0.15) is 18.5 Å². The highest BCUT2D eigenvalue weighted by molar-refractivity contribution is 6.30. The lowest BCUT2D eigenvalue weighted by molar-refractivity contribution is -0.186. The Kier molecular flexibility index (Phi) is 7.25. The lowest BCUT2D eigenvalue weighted by Crippen LogP contribution is -2.29. The Morgan fingerprint density at radius 3 is 2.69 bits per heavy atom. The summed E-state index contributed by atoms with van der Waals surface area (Å²) in [6.45, 7) is 0.487. The largest absolute Gasteiger partial charge is 0.459 e. The highest BCUT2D eigenvalue weighted by Crippen LogP contribution is 2.39. The number of imidazole rings is 1. The van der Waals surface area contributed by atoms with Crippen molar-refractivity contribution in [3.05, 3.63) is 89.0 Å². The van der Waals surface area contributed by atoms with Crippen LogP contribution in [0.5, 0.6) is 0 Å². The van der Waals surface area contributed by atoms with Crippen LogP contribution in [0.4, 0.5) is 0 Å². The lowest BCUT2D eigenvalue weighted by Gasteiger charge is -2.29. The molecule has 1 fully saturated rings. The number of aryl methyl sites for hydroxylation is 2. The molecule has 4 rings (SSSR count). The van der Waals surface area contributed by atoms with Gasteiger partial charge in [-0.1, -0.05) is 41.9 Å². The Morgan fingerprint density at radius 1 is 1.19 bits per heavy atom. The van der Waals surface area contributed by atoms with E-state index in [0.29, 0.717) is 23.6 Å². The summed E-state index contributed by atoms with van der Waals surface area (Å²) in [5, 5.41) is 0.657. The number of ether oxygens (including phenoxy) is 3. The summed E-state index contributed by atoms with van der Waals surface area (Å²) in [4.78, 5) is 16.7. The summed E-state index contributed by atoms with van der Waals surface area (Å²) in [7, 11) is 2.00. The zero-order chi connectivity index (χ0) is 22.4. The third kappa shape index (κ3) is 5.38. The third-order valence-corrected chi connectivity index (χ3v) is 5.88. The molecule has 2 atom stereocenters. The van der Waals surface area contributed by atoms with E-state index in [1.165, 1.54) is 0 Å². The van der Waals surface area contributed by atoms with Crippen LogP contribution in [-0.2, 0) is 33.5 Å². The molecule has 0 N–H and O–H groups in total.